The van der Waals surface area contributed by atoms with E-state index in [4.69, 9.17) is 5.73 Å². The van der Waals surface area contributed by atoms with Gasteiger partial charge in [-0.05, 0) is 30.9 Å². The van der Waals surface area contributed by atoms with Gasteiger partial charge in [-0.3, -0.25) is 4.79 Å². The van der Waals surface area contributed by atoms with Gasteiger partial charge in [0.15, 0.2) is 0 Å². The molecule has 4 heteroatoms. The van der Waals surface area contributed by atoms with Gasteiger partial charge in [-0.25, -0.2) is 0 Å². The summed E-state index contributed by atoms with van der Waals surface area (Å²) in [5.74, 6) is 0.0949. The van der Waals surface area contributed by atoms with Crippen molar-refractivity contribution in [1.82, 2.24) is 9.88 Å². The summed E-state index contributed by atoms with van der Waals surface area (Å²) in [4.78, 5) is 18.1. The molecule has 0 radical (unpaired) electrons. The fourth-order valence-electron chi connectivity index (χ4n) is 3.30. The van der Waals surface area contributed by atoms with E-state index in [1.807, 2.05) is 29.3 Å². The van der Waals surface area contributed by atoms with Gasteiger partial charge in [-0.2, -0.15) is 0 Å². The van der Waals surface area contributed by atoms with Crippen LogP contribution in [0, 0.1) is 0 Å². The van der Waals surface area contributed by atoms with E-state index in [-0.39, 0.29) is 5.91 Å². The Morgan fingerprint density at radius 1 is 1.08 bits per heavy atom. The summed E-state index contributed by atoms with van der Waals surface area (Å²) in [6.07, 6.45) is 9.35. The fourth-order valence-corrected chi connectivity index (χ4v) is 3.30. The zero-order valence-electron chi connectivity index (χ0n) is 15.8. The first-order valence-corrected chi connectivity index (χ1v) is 9.76. The molecule has 0 saturated heterocycles. The second kappa shape index (κ2) is 10.2. The number of fused-ring (bicyclic) bond motifs is 1. The molecule has 0 saturated carbocycles. The molecule has 0 aliphatic heterocycles. The maximum absolute atomic E-state index is 12.9. The highest BCUT2D eigenvalue weighted by Crippen LogP contribution is 2.19. The predicted octanol–water partition coefficient (Wildman–Crippen LogP) is 4.25. The van der Waals surface area contributed by atoms with Crippen molar-refractivity contribution in [3.63, 3.8) is 0 Å². The first-order valence-electron chi connectivity index (χ1n) is 9.76. The number of nitrogens with zero attached hydrogens (tertiary/aromatic N) is 1. The number of aromatic amines is 1. The molecule has 25 heavy (non-hydrogen) atoms. The van der Waals surface area contributed by atoms with Crippen LogP contribution in [0.4, 0.5) is 0 Å². The van der Waals surface area contributed by atoms with Crippen LogP contribution in [-0.2, 0) is 11.2 Å². The number of carbonyl (C=O) groups excluding carboxylic acids is 1. The average molecular weight is 344 g/mol. The number of amides is 1. The number of para-hydroxylation sites is 1. The molecule has 0 unspecified atom stereocenters. The van der Waals surface area contributed by atoms with E-state index >= 15 is 0 Å². The first kappa shape index (κ1) is 19.5. The minimum atomic E-state index is -0.470. The van der Waals surface area contributed by atoms with Crippen molar-refractivity contribution in [3.05, 3.63) is 36.0 Å². The van der Waals surface area contributed by atoms with Crippen molar-refractivity contribution < 1.29 is 4.79 Å². The van der Waals surface area contributed by atoms with Crippen LogP contribution in [0.5, 0.6) is 0 Å². The van der Waals surface area contributed by atoms with E-state index in [1.165, 1.54) is 12.8 Å². The fraction of sp³-hybridized carbons (Fsp3) is 0.571. The molecule has 3 N–H and O–H groups in total. The van der Waals surface area contributed by atoms with E-state index in [0.29, 0.717) is 6.42 Å². The molecule has 1 aromatic carbocycles. The second-order valence-electron chi connectivity index (χ2n) is 6.91. The van der Waals surface area contributed by atoms with Crippen LogP contribution in [0.2, 0.25) is 0 Å². The Kier molecular flexibility index (Phi) is 7.99. The summed E-state index contributed by atoms with van der Waals surface area (Å²) >= 11 is 0. The van der Waals surface area contributed by atoms with E-state index in [1.54, 1.807) is 0 Å². The van der Waals surface area contributed by atoms with Gasteiger partial charge < -0.3 is 15.6 Å². The molecule has 138 valence electrons. The average Bonchev–Trinajstić information content (AvgIpc) is 3.03. The molecule has 0 aliphatic carbocycles. The highest BCUT2D eigenvalue weighted by molar-refractivity contribution is 5.86. The first-order chi connectivity index (χ1) is 12.2. The second-order valence-corrected chi connectivity index (χ2v) is 6.91. The van der Waals surface area contributed by atoms with Crippen LogP contribution < -0.4 is 5.73 Å². The predicted molar refractivity (Wildman–Crippen MR) is 106 cm³/mol. The molecule has 1 aromatic heterocycles. The van der Waals surface area contributed by atoms with Gasteiger partial charge in [0.1, 0.15) is 0 Å². The molecule has 1 atom stereocenters. The smallest absolute Gasteiger partial charge is 0.239 e. The summed E-state index contributed by atoms with van der Waals surface area (Å²) in [5, 5.41) is 1.16. The van der Waals surface area contributed by atoms with Crippen molar-refractivity contribution in [1.29, 1.82) is 0 Å². The lowest BCUT2D eigenvalue weighted by atomic mass is 10.0. The number of H-pyrrole nitrogens is 1. The maximum Gasteiger partial charge on any atom is 0.239 e. The topological polar surface area (TPSA) is 62.1 Å². The lowest BCUT2D eigenvalue weighted by Gasteiger charge is -2.26. The third-order valence-corrected chi connectivity index (χ3v) is 4.81. The Hall–Kier alpha value is -1.81. The van der Waals surface area contributed by atoms with Crippen LogP contribution in [0.3, 0.4) is 0 Å². The van der Waals surface area contributed by atoms with E-state index in [0.717, 1.165) is 55.2 Å². The van der Waals surface area contributed by atoms with Crippen molar-refractivity contribution >= 4 is 16.8 Å². The Morgan fingerprint density at radius 3 is 2.36 bits per heavy atom. The zero-order chi connectivity index (χ0) is 18.1. The lowest BCUT2D eigenvalue weighted by Crippen LogP contribution is -2.45. The molecule has 4 nitrogen and oxygen atoms in total. The number of aromatic nitrogens is 1. The van der Waals surface area contributed by atoms with Gasteiger partial charge in [-0.1, -0.05) is 57.7 Å². The number of hydrogen-bond donors (Lipinski definition) is 2. The van der Waals surface area contributed by atoms with E-state index < -0.39 is 6.04 Å². The minimum absolute atomic E-state index is 0.0949. The van der Waals surface area contributed by atoms with Gasteiger partial charge in [-0.15, -0.1) is 0 Å². The number of nitrogens with two attached hydrogens (primary N) is 1. The van der Waals surface area contributed by atoms with E-state index in [9.17, 15) is 4.79 Å². The van der Waals surface area contributed by atoms with Gasteiger partial charge in [0, 0.05) is 30.2 Å². The van der Waals surface area contributed by atoms with Crippen LogP contribution >= 0.6 is 0 Å². The molecular formula is C21H33N3O. The molecule has 0 fully saturated rings. The van der Waals surface area contributed by atoms with Crippen LogP contribution in [-0.4, -0.2) is 34.9 Å². The Labute approximate surface area is 151 Å². The summed E-state index contributed by atoms with van der Waals surface area (Å²) in [6.45, 7) is 6.04. The quantitative estimate of drug-likeness (QED) is 0.599. The minimum Gasteiger partial charge on any atom is -0.361 e. The summed E-state index contributed by atoms with van der Waals surface area (Å²) < 4.78 is 0. The van der Waals surface area contributed by atoms with Crippen LogP contribution in [0.25, 0.3) is 10.9 Å². The van der Waals surface area contributed by atoms with Crippen LogP contribution in [0.15, 0.2) is 30.5 Å². The largest absolute Gasteiger partial charge is 0.361 e. The summed E-state index contributed by atoms with van der Waals surface area (Å²) in [5.41, 5.74) is 8.52. The molecule has 2 rings (SSSR count). The SMILES string of the molecule is CCCCCN(CCCCC)C(=O)[C@H](N)Cc1c[nH]c2ccccc12. The summed E-state index contributed by atoms with van der Waals surface area (Å²) in [7, 11) is 0. The lowest BCUT2D eigenvalue weighted by molar-refractivity contribution is -0.132. The Morgan fingerprint density at radius 2 is 1.72 bits per heavy atom. The van der Waals surface area contributed by atoms with E-state index in [2.05, 4.69) is 24.9 Å². The molecular weight excluding hydrogens is 310 g/mol. The van der Waals surface area contributed by atoms with Crippen molar-refractivity contribution in [2.45, 2.75) is 64.8 Å². The van der Waals surface area contributed by atoms with Gasteiger partial charge in [0.05, 0.1) is 6.04 Å². The monoisotopic (exact) mass is 343 g/mol. The molecule has 1 amide bonds. The standard InChI is InChI=1S/C21H33N3O/c1-3-5-9-13-24(14-10-6-4-2)21(25)19(22)15-17-16-23-20-12-8-7-11-18(17)20/h7-8,11-12,16,19,23H,3-6,9-10,13-15,22H2,1-2H3/t19-/m1/s1. The third-order valence-electron chi connectivity index (χ3n) is 4.81. The zero-order valence-corrected chi connectivity index (χ0v) is 15.8. The number of hydrogen-bond acceptors (Lipinski definition) is 2. The Bertz CT molecular complexity index is 639. The molecule has 0 spiro atoms. The summed E-state index contributed by atoms with van der Waals surface area (Å²) in [6, 6.07) is 7.70. The van der Waals surface area contributed by atoms with Gasteiger partial charge >= 0.3 is 0 Å². The highest BCUT2D eigenvalue weighted by atomic mass is 16.2. The molecule has 1 heterocycles. The third kappa shape index (κ3) is 5.60. The highest BCUT2D eigenvalue weighted by Gasteiger charge is 2.21. The van der Waals surface area contributed by atoms with Gasteiger partial charge in [0.2, 0.25) is 5.91 Å². The number of carbonyl (C=O) groups is 1. The number of benzene rings is 1. The molecule has 0 bridgehead atoms. The Balaban J connectivity index is 2.00. The molecule has 2 aromatic rings. The van der Waals surface area contributed by atoms with Crippen LogP contribution in [0.1, 0.15) is 57.9 Å². The number of nitrogens with one attached hydrogen (secondary N) is 1. The maximum atomic E-state index is 12.9. The van der Waals surface area contributed by atoms with Crippen molar-refractivity contribution in [2.24, 2.45) is 5.73 Å². The number of unbranched alkanes of at least 4 members (excludes halogenated alkanes) is 4. The molecule has 0 aliphatic rings. The normalized spacial score (nSPS) is 12.4. The van der Waals surface area contributed by atoms with Crippen molar-refractivity contribution in [2.75, 3.05) is 13.1 Å². The van der Waals surface area contributed by atoms with Crippen molar-refractivity contribution in [3.8, 4) is 0 Å². The number of rotatable bonds is 11. The van der Waals surface area contributed by atoms with Gasteiger partial charge in [0.25, 0.3) is 0 Å².